The summed E-state index contributed by atoms with van der Waals surface area (Å²) >= 11 is 0. The molecule has 0 atom stereocenters. The van der Waals surface area contributed by atoms with E-state index in [1.54, 1.807) is 18.0 Å². The number of oxazole rings is 1. The van der Waals surface area contributed by atoms with Gasteiger partial charge in [-0.25, -0.2) is 9.78 Å². The van der Waals surface area contributed by atoms with Crippen LogP contribution in [0, 0.1) is 6.92 Å². The lowest BCUT2D eigenvalue weighted by molar-refractivity contribution is -0.137. The van der Waals surface area contributed by atoms with Gasteiger partial charge < -0.3 is 19.5 Å². The summed E-state index contributed by atoms with van der Waals surface area (Å²) in [6, 6.07) is 12.1. The summed E-state index contributed by atoms with van der Waals surface area (Å²) in [6.07, 6.45) is -2.76. The number of nitrogens with one attached hydrogen (secondary N) is 1. The van der Waals surface area contributed by atoms with E-state index in [1.807, 2.05) is 24.3 Å². The average molecular weight is 430 g/mol. The van der Waals surface area contributed by atoms with Gasteiger partial charge in [0.1, 0.15) is 0 Å². The topological polar surface area (TPSA) is 61.6 Å². The molecule has 9 heteroatoms. The second kappa shape index (κ2) is 8.33. The zero-order valence-electron chi connectivity index (χ0n) is 16.8. The number of rotatable bonds is 3. The Hall–Kier alpha value is -3.49. The second-order valence-electron chi connectivity index (χ2n) is 7.27. The van der Waals surface area contributed by atoms with Crippen molar-refractivity contribution in [2.75, 3.05) is 36.4 Å². The van der Waals surface area contributed by atoms with Gasteiger partial charge in [-0.1, -0.05) is 6.07 Å². The zero-order valence-corrected chi connectivity index (χ0v) is 16.8. The Morgan fingerprint density at radius 2 is 1.77 bits per heavy atom. The minimum absolute atomic E-state index is 0.125. The molecule has 0 unspecified atom stereocenters. The van der Waals surface area contributed by atoms with Gasteiger partial charge in [0.15, 0.2) is 11.7 Å². The molecule has 31 heavy (non-hydrogen) atoms. The summed E-state index contributed by atoms with van der Waals surface area (Å²) in [5.74, 6) is 1.32. The van der Waals surface area contributed by atoms with E-state index in [4.69, 9.17) is 4.42 Å². The number of benzene rings is 2. The molecular weight excluding hydrogens is 409 g/mol. The molecule has 0 bridgehead atoms. The van der Waals surface area contributed by atoms with E-state index >= 15 is 0 Å². The molecule has 6 nitrogen and oxygen atoms in total. The number of aromatic nitrogens is 1. The van der Waals surface area contributed by atoms with Crippen LogP contribution in [0.1, 0.15) is 11.5 Å². The van der Waals surface area contributed by atoms with Crippen LogP contribution in [0.3, 0.4) is 0 Å². The van der Waals surface area contributed by atoms with Crippen molar-refractivity contribution >= 4 is 17.4 Å². The van der Waals surface area contributed by atoms with Gasteiger partial charge in [-0.15, -0.1) is 0 Å². The highest BCUT2D eigenvalue weighted by atomic mass is 19.4. The third-order valence-corrected chi connectivity index (χ3v) is 5.15. The van der Waals surface area contributed by atoms with Crippen molar-refractivity contribution in [1.29, 1.82) is 0 Å². The highest BCUT2D eigenvalue weighted by Crippen LogP contribution is 2.31. The van der Waals surface area contributed by atoms with Gasteiger partial charge in [0, 0.05) is 50.0 Å². The molecule has 1 aliphatic heterocycles. The maximum Gasteiger partial charge on any atom is 0.416 e. The molecule has 2 amide bonds. The molecule has 0 radical (unpaired) electrons. The number of anilines is 2. The third-order valence-electron chi connectivity index (χ3n) is 5.15. The Labute approximate surface area is 177 Å². The number of nitrogens with zero attached hydrogens (tertiary/aromatic N) is 3. The van der Waals surface area contributed by atoms with Crippen molar-refractivity contribution in [2.24, 2.45) is 0 Å². The van der Waals surface area contributed by atoms with Gasteiger partial charge >= 0.3 is 12.2 Å². The number of hydrogen-bond acceptors (Lipinski definition) is 4. The van der Waals surface area contributed by atoms with Crippen LogP contribution >= 0.6 is 0 Å². The number of carbonyl (C=O) groups excluding carboxylic acids is 1. The summed E-state index contributed by atoms with van der Waals surface area (Å²) in [5, 5.41) is 2.56. The average Bonchev–Trinajstić information content (AvgIpc) is 3.20. The summed E-state index contributed by atoms with van der Waals surface area (Å²) in [4.78, 5) is 20.3. The zero-order chi connectivity index (χ0) is 22.0. The largest absolute Gasteiger partial charge is 0.441 e. The van der Waals surface area contributed by atoms with Crippen molar-refractivity contribution in [3.05, 3.63) is 66.2 Å². The summed E-state index contributed by atoms with van der Waals surface area (Å²) < 4.78 is 44.1. The predicted octanol–water partition coefficient (Wildman–Crippen LogP) is 5.02. The van der Waals surface area contributed by atoms with Crippen molar-refractivity contribution in [2.45, 2.75) is 13.1 Å². The molecule has 1 N–H and O–H groups in total. The van der Waals surface area contributed by atoms with Gasteiger partial charge in [-0.3, -0.25) is 0 Å². The maximum absolute atomic E-state index is 12.8. The molecule has 1 saturated heterocycles. The van der Waals surface area contributed by atoms with Gasteiger partial charge in [0.2, 0.25) is 0 Å². The molecular formula is C22H21F3N4O2. The van der Waals surface area contributed by atoms with Gasteiger partial charge in [0.25, 0.3) is 0 Å². The summed E-state index contributed by atoms with van der Waals surface area (Å²) in [6.45, 7) is 3.97. The fourth-order valence-corrected chi connectivity index (χ4v) is 3.47. The first-order valence-electron chi connectivity index (χ1n) is 9.80. The first-order valence-corrected chi connectivity index (χ1v) is 9.80. The Bertz CT molecular complexity index is 1060. The molecule has 0 spiro atoms. The summed E-state index contributed by atoms with van der Waals surface area (Å²) in [5.41, 5.74) is 1.29. The minimum atomic E-state index is -4.45. The smallest absolute Gasteiger partial charge is 0.416 e. The molecule has 0 aliphatic carbocycles. The molecule has 0 saturated carbocycles. The number of halogens is 3. The minimum Gasteiger partial charge on any atom is -0.441 e. The van der Waals surface area contributed by atoms with Crippen LogP contribution in [-0.2, 0) is 6.18 Å². The van der Waals surface area contributed by atoms with E-state index in [2.05, 4.69) is 15.2 Å². The lowest BCUT2D eigenvalue weighted by Crippen LogP contribution is -2.50. The van der Waals surface area contributed by atoms with Crippen LogP contribution in [0.4, 0.5) is 29.3 Å². The van der Waals surface area contributed by atoms with E-state index in [0.717, 1.165) is 23.4 Å². The Morgan fingerprint density at radius 3 is 2.39 bits per heavy atom. The normalized spacial score (nSPS) is 14.6. The van der Waals surface area contributed by atoms with E-state index in [-0.39, 0.29) is 5.69 Å². The van der Waals surface area contributed by atoms with E-state index < -0.39 is 17.8 Å². The number of aryl methyl sites for hydroxylation is 1. The molecule has 2 heterocycles. The fraction of sp³-hybridized carbons (Fsp3) is 0.273. The Morgan fingerprint density at radius 1 is 1.06 bits per heavy atom. The Balaban J connectivity index is 1.34. The molecule has 4 rings (SSSR count). The first kappa shape index (κ1) is 20.8. The first-order chi connectivity index (χ1) is 14.8. The summed E-state index contributed by atoms with van der Waals surface area (Å²) in [7, 11) is 0. The van der Waals surface area contributed by atoms with Crippen molar-refractivity contribution in [3.63, 3.8) is 0 Å². The van der Waals surface area contributed by atoms with Crippen molar-refractivity contribution in [1.82, 2.24) is 9.88 Å². The van der Waals surface area contributed by atoms with E-state index in [9.17, 15) is 18.0 Å². The van der Waals surface area contributed by atoms with Crippen LogP contribution in [0.15, 0.2) is 59.1 Å². The van der Waals surface area contributed by atoms with Crippen LogP contribution in [0.25, 0.3) is 11.3 Å². The van der Waals surface area contributed by atoms with Crippen LogP contribution in [-0.4, -0.2) is 42.1 Å². The van der Waals surface area contributed by atoms with E-state index in [0.29, 0.717) is 37.8 Å². The lowest BCUT2D eigenvalue weighted by atomic mass is 10.1. The third kappa shape index (κ3) is 4.82. The quantitative estimate of drug-likeness (QED) is 0.634. The molecule has 162 valence electrons. The van der Waals surface area contributed by atoms with Gasteiger partial charge in [-0.05, 0) is 42.5 Å². The van der Waals surface area contributed by atoms with E-state index in [1.165, 1.54) is 12.1 Å². The monoisotopic (exact) mass is 430 g/mol. The molecule has 2 aromatic carbocycles. The van der Waals surface area contributed by atoms with Gasteiger partial charge in [0.05, 0.1) is 11.8 Å². The van der Waals surface area contributed by atoms with Crippen molar-refractivity contribution in [3.8, 4) is 11.3 Å². The Kier molecular flexibility index (Phi) is 5.58. The number of amides is 2. The molecule has 1 aliphatic rings. The molecule has 1 fully saturated rings. The number of piperazine rings is 1. The molecule has 1 aromatic heterocycles. The second-order valence-corrected chi connectivity index (χ2v) is 7.27. The number of alkyl halides is 3. The lowest BCUT2D eigenvalue weighted by Gasteiger charge is -2.36. The van der Waals surface area contributed by atoms with Crippen LogP contribution in [0.5, 0.6) is 0 Å². The number of carbonyl (C=O) groups is 1. The van der Waals surface area contributed by atoms with Crippen LogP contribution < -0.4 is 10.2 Å². The standard InChI is InChI=1S/C22H21F3N4O2/c1-15-26-14-20(31-15)16-5-7-19(8-6-16)28-9-11-29(12-10-28)21(30)27-18-4-2-3-17(13-18)22(23,24)25/h2-8,13-14H,9-12H2,1H3,(H,27,30). The number of hydrogen-bond donors (Lipinski definition) is 1. The van der Waals surface area contributed by atoms with Gasteiger partial charge in [-0.2, -0.15) is 13.2 Å². The SMILES string of the molecule is Cc1ncc(-c2ccc(N3CCN(C(=O)Nc4cccc(C(F)(F)F)c4)CC3)cc2)o1. The fourth-order valence-electron chi connectivity index (χ4n) is 3.47. The maximum atomic E-state index is 12.8. The highest BCUT2D eigenvalue weighted by molar-refractivity contribution is 5.89. The predicted molar refractivity (Wildman–Crippen MR) is 111 cm³/mol. The highest BCUT2D eigenvalue weighted by Gasteiger charge is 2.30. The number of urea groups is 1. The molecule has 3 aromatic rings. The van der Waals surface area contributed by atoms with Crippen LogP contribution in [0.2, 0.25) is 0 Å². The van der Waals surface area contributed by atoms with Crippen molar-refractivity contribution < 1.29 is 22.4 Å².